The van der Waals surface area contributed by atoms with Crippen LogP contribution in [0.2, 0.25) is 0 Å². The van der Waals surface area contributed by atoms with E-state index in [0.717, 1.165) is 36.9 Å². The number of thiophene rings is 1. The Hall–Kier alpha value is -3.81. The van der Waals surface area contributed by atoms with Crippen molar-refractivity contribution < 1.29 is 14.3 Å². The number of aromatic nitrogens is 3. The van der Waals surface area contributed by atoms with Crippen LogP contribution in [0, 0.1) is 11.3 Å². The van der Waals surface area contributed by atoms with Gasteiger partial charge in [-0.2, -0.15) is 5.26 Å². The van der Waals surface area contributed by atoms with Gasteiger partial charge in [0, 0.05) is 10.6 Å². The Morgan fingerprint density at radius 3 is 2.65 bits per heavy atom. The van der Waals surface area contributed by atoms with Crippen molar-refractivity contribution in [1.29, 1.82) is 5.26 Å². The molecule has 1 aliphatic carbocycles. The highest BCUT2D eigenvalue weighted by atomic mass is 32.2. The van der Waals surface area contributed by atoms with Gasteiger partial charge in [-0.3, -0.25) is 9.36 Å². The molecule has 2 aromatic carbocycles. The number of nitrogens with one attached hydrogen (secondary N) is 1. The lowest BCUT2D eigenvalue weighted by molar-refractivity contribution is -0.113. The number of benzene rings is 2. The van der Waals surface area contributed by atoms with Crippen LogP contribution in [-0.4, -0.2) is 33.5 Å². The molecule has 4 aromatic rings. The zero-order valence-electron chi connectivity index (χ0n) is 20.3. The molecule has 0 aliphatic heterocycles. The number of amides is 1. The second kappa shape index (κ2) is 11.5. The molecule has 0 unspecified atom stereocenters. The van der Waals surface area contributed by atoms with E-state index in [1.54, 1.807) is 7.11 Å². The number of thioether (sulfide) groups is 1. The Labute approximate surface area is 223 Å². The molecule has 1 N–H and O–H groups in total. The molecule has 0 radical (unpaired) electrons. The van der Waals surface area contributed by atoms with E-state index in [2.05, 4.69) is 21.6 Å². The smallest absolute Gasteiger partial charge is 0.235 e. The van der Waals surface area contributed by atoms with Crippen LogP contribution in [0.3, 0.4) is 0 Å². The van der Waals surface area contributed by atoms with Crippen molar-refractivity contribution in [3.05, 3.63) is 76.4 Å². The number of para-hydroxylation sites is 3. The Balaban J connectivity index is 1.32. The lowest BCUT2D eigenvalue weighted by atomic mass is 9.96. The van der Waals surface area contributed by atoms with Crippen LogP contribution in [0.4, 0.5) is 5.00 Å². The molecule has 0 bridgehead atoms. The van der Waals surface area contributed by atoms with Crippen molar-refractivity contribution in [3.63, 3.8) is 0 Å². The fourth-order valence-corrected chi connectivity index (χ4v) is 6.30. The van der Waals surface area contributed by atoms with Crippen LogP contribution >= 0.6 is 23.1 Å². The minimum atomic E-state index is -0.186. The van der Waals surface area contributed by atoms with Crippen molar-refractivity contribution in [3.8, 4) is 23.3 Å². The van der Waals surface area contributed by atoms with Crippen LogP contribution in [0.5, 0.6) is 11.5 Å². The number of nitriles is 1. The van der Waals surface area contributed by atoms with Crippen LogP contribution < -0.4 is 14.8 Å². The van der Waals surface area contributed by atoms with Crippen LogP contribution in [-0.2, 0) is 24.2 Å². The summed E-state index contributed by atoms with van der Waals surface area (Å²) < 4.78 is 13.3. The molecule has 5 rings (SSSR count). The van der Waals surface area contributed by atoms with Gasteiger partial charge in [0.2, 0.25) is 5.91 Å². The maximum absolute atomic E-state index is 12.9. The van der Waals surface area contributed by atoms with Crippen molar-refractivity contribution >= 4 is 34.0 Å². The summed E-state index contributed by atoms with van der Waals surface area (Å²) in [6, 6.07) is 19.4. The molecule has 0 fully saturated rings. The first kappa shape index (κ1) is 24.9. The van der Waals surface area contributed by atoms with Gasteiger partial charge in [-0.05, 0) is 55.5 Å². The number of fused-ring (bicyclic) bond motifs is 1. The predicted octanol–water partition coefficient (Wildman–Crippen LogP) is 5.40. The molecule has 8 nitrogen and oxygen atoms in total. The molecular formula is C27H25N5O3S2. The molecule has 10 heteroatoms. The average molecular weight is 532 g/mol. The van der Waals surface area contributed by atoms with Gasteiger partial charge >= 0.3 is 0 Å². The Bertz CT molecular complexity index is 1440. The summed E-state index contributed by atoms with van der Waals surface area (Å²) in [5.74, 6) is 1.78. The minimum Gasteiger partial charge on any atom is -0.493 e. The van der Waals surface area contributed by atoms with Gasteiger partial charge in [-0.15, -0.1) is 21.5 Å². The Kier molecular flexibility index (Phi) is 7.73. The molecule has 0 atom stereocenters. The number of aryl methyl sites for hydroxylation is 1. The number of carbonyl (C=O) groups is 1. The number of nitrogens with zero attached hydrogens (tertiary/aromatic N) is 4. The Morgan fingerprint density at radius 2 is 1.86 bits per heavy atom. The highest BCUT2D eigenvalue weighted by Gasteiger charge is 2.22. The van der Waals surface area contributed by atoms with Gasteiger partial charge < -0.3 is 14.8 Å². The number of hydrogen-bond acceptors (Lipinski definition) is 8. The third kappa shape index (κ3) is 5.48. The van der Waals surface area contributed by atoms with Crippen molar-refractivity contribution in [1.82, 2.24) is 14.8 Å². The third-order valence-electron chi connectivity index (χ3n) is 6.01. The summed E-state index contributed by atoms with van der Waals surface area (Å²) in [5, 5.41) is 22.6. The molecule has 37 heavy (non-hydrogen) atoms. The van der Waals surface area contributed by atoms with Gasteiger partial charge in [0.05, 0.1) is 18.4 Å². The van der Waals surface area contributed by atoms with E-state index in [9.17, 15) is 10.1 Å². The molecule has 1 amide bonds. The van der Waals surface area contributed by atoms with Gasteiger partial charge in [0.25, 0.3) is 0 Å². The van der Waals surface area contributed by atoms with Crippen LogP contribution in [0.1, 0.15) is 34.7 Å². The number of methoxy groups -OCH3 is 1. The van der Waals surface area contributed by atoms with Crippen LogP contribution in [0.15, 0.2) is 59.8 Å². The van der Waals surface area contributed by atoms with Crippen molar-refractivity contribution in [2.75, 3.05) is 18.2 Å². The van der Waals surface area contributed by atoms with E-state index in [1.165, 1.54) is 28.0 Å². The second-order valence-corrected chi connectivity index (χ2v) is 10.4. The van der Waals surface area contributed by atoms with Crippen LogP contribution in [0.25, 0.3) is 5.69 Å². The van der Waals surface area contributed by atoms with Gasteiger partial charge in [0.1, 0.15) is 17.7 Å². The van der Waals surface area contributed by atoms with E-state index in [-0.39, 0.29) is 18.3 Å². The number of anilines is 1. The normalized spacial score (nSPS) is 12.4. The van der Waals surface area contributed by atoms with Gasteiger partial charge in [-0.1, -0.05) is 42.1 Å². The number of rotatable bonds is 9. The van der Waals surface area contributed by atoms with E-state index >= 15 is 0 Å². The highest BCUT2D eigenvalue weighted by molar-refractivity contribution is 7.99. The van der Waals surface area contributed by atoms with Crippen molar-refractivity contribution in [2.45, 2.75) is 37.4 Å². The number of carbonyl (C=O) groups excluding carboxylic acids is 1. The maximum Gasteiger partial charge on any atom is 0.235 e. The van der Waals surface area contributed by atoms with Crippen molar-refractivity contribution in [2.24, 2.45) is 0 Å². The quantitative estimate of drug-likeness (QED) is 0.289. The SMILES string of the molecule is COc1ccccc1OCc1nnc(SCC(=O)Nc2sc3c(c2C#N)CCCC3)n1-c1ccccc1. The maximum atomic E-state index is 12.9. The van der Waals surface area contributed by atoms with E-state index in [1.807, 2.05) is 59.2 Å². The lowest BCUT2D eigenvalue weighted by Gasteiger charge is -2.12. The predicted molar refractivity (Wildman–Crippen MR) is 144 cm³/mol. The topological polar surface area (TPSA) is 102 Å². The summed E-state index contributed by atoms with van der Waals surface area (Å²) in [4.78, 5) is 14.1. The highest BCUT2D eigenvalue weighted by Crippen LogP contribution is 2.37. The Morgan fingerprint density at radius 1 is 1.11 bits per heavy atom. The van der Waals surface area contributed by atoms with E-state index in [4.69, 9.17) is 9.47 Å². The molecule has 0 spiro atoms. The summed E-state index contributed by atoms with van der Waals surface area (Å²) in [5.41, 5.74) is 2.58. The fraction of sp³-hybridized carbons (Fsp3) is 0.259. The lowest BCUT2D eigenvalue weighted by Crippen LogP contribution is -2.15. The first-order valence-electron chi connectivity index (χ1n) is 11.9. The molecule has 188 valence electrons. The molecule has 0 saturated heterocycles. The largest absolute Gasteiger partial charge is 0.493 e. The fourth-order valence-electron chi connectivity index (χ4n) is 4.27. The zero-order chi connectivity index (χ0) is 25.6. The second-order valence-electron chi connectivity index (χ2n) is 8.37. The first-order chi connectivity index (χ1) is 18.2. The first-order valence-corrected chi connectivity index (χ1v) is 13.7. The molecule has 0 saturated carbocycles. The monoisotopic (exact) mass is 531 g/mol. The summed E-state index contributed by atoms with van der Waals surface area (Å²) in [7, 11) is 1.60. The average Bonchev–Trinajstić information content (AvgIpc) is 3.51. The standard InChI is InChI=1S/C27H25N5O3S2/c1-34-21-12-6-7-13-22(21)35-16-24-30-31-27(32(24)18-9-3-2-4-10-18)36-17-25(33)29-26-20(15-28)19-11-5-8-14-23(19)37-26/h2-4,6-7,9-10,12-13H,5,8,11,14,16-17H2,1H3,(H,29,33). The molecule has 2 aromatic heterocycles. The minimum absolute atomic E-state index is 0.131. The van der Waals surface area contributed by atoms with Gasteiger partial charge in [0.15, 0.2) is 22.5 Å². The summed E-state index contributed by atoms with van der Waals surface area (Å²) in [6.45, 7) is 0.168. The number of hydrogen-bond donors (Lipinski definition) is 1. The zero-order valence-corrected chi connectivity index (χ0v) is 21.9. The molecular weight excluding hydrogens is 506 g/mol. The third-order valence-corrected chi connectivity index (χ3v) is 8.15. The summed E-state index contributed by atoms with van der Waals surface area (Å²) >= 11 is 2.81. The van der Waals surface area contributed by atoms with E-state index < -0.39 is 0 Å². The number of ether oxygens (including phenoxy) is 2. The van der Waals surface area contributed by atoms with E-state index in [0.29, 0.717) is 33.0 Å². The summed E-state index contributed by atoms with van der Waals surface area (Å²) in [6.07, 6.45) is 4.08. The molecule has 1 aliphatic rings. The van der Waals surface area contributed by atoms with Gasteiger partial charge in [-0.25, -0.2) is 0 Å². The molecule has 2 heterocycles.